The summed E-state index contributed by atoms with van der Waals surface area (Å²) in [5, 5.41) is 34.4. The Bertz CT molecular complexity index is 1560. The second kappa shape index (κ2) is 26.3. The monoisotopic (exact) mass is 820 g/mol. The largest absolute Gasteiger partial charge is 0.480 e. The van der Waals surface area contributed by atoms with Gasteiger partial charge in [0.05, 0.1) is 12.6 Å². The van der Waals surface area contributed by atoms with Crippen molar-refractivity contribution in [1.82, 2.24) is 31.9 Å². The number of primary amides is 2. The third-order valence-corrected chi connectivity index (χ3v) is 9.19. The minimum absolute atomic E-state index is 0.0237. The van der Waals surface area contributed by atoms with Crippen LogP contribution in [0.5, 0.6) is 0 Å². The van der Waals surface area contributed by atoms with Crippen molar-refractivity contribution in [3.05, 3.63) is 35.9 Å². The molecule has 21 nitrogen and oxygen atoms in total. The van der Waals surface area contributed by atoms with Crippen LogP contribution in [0.25, 0.3) is 0 Å². The van der Waals surface area contributed by atoms with Gasteiger partial charge < -0.3 is 65.0 Å². The number of carboxylic acids is 1. The predicted molar refractivity (Wildman–Crippen MR) is 209 cm³/mol. The molecule has 1 rings (SSSR count). The van der Waals surface area contributed by atoms with Crippen LogP contribution in [0.15, 0.2) is 30.3 Å². The number of hydrogen-bond donors (Lipinski definition) is 12. The summed E-state index contributed by atoms with van der Waals surface area (Å²) in [5.41, 5.74) is 22.4. The quantitative estimate of drug-likeness (QED) is 0.0362. The number of hydrogen-bond acceptors (Lipinski definition) is 12. The highest BCUT2D eigenvalue weighted by molar-refractivity contribution is 5.97. The van der Waals surface area contributed by atoms with Gasteiger partial charge in [-0.1, -0.05) is 50.6 Å². The van der Waals surface area contributed by atoms with E-state index in [1.807, 2.05) is 0 Å². The van der Waals surface area contributed by atoms with E-state index in [4.69, 9.17) is 22.9 Å². The van der Waals surface area contributed by atoms with Gasteiger partial charge in [0.1, 0.15) is 36.3 Å². The van der Waals surface area contributed by atoms with Crippen molar-refractivity contribution in [2.75, 3.05) is 13.2 Å². The van der Waals surface area contributed by atoms with E-state index in [9.17, 15) is 53.4 Å². The summed E-state index contributed by atoms with van der Waals surface area (Å²) >= 11 is 0. The fourth-order valence-corrected chi connectivity index (χ4v) is 5.43. The standard InChI is InChI=1S/C37H60N10O11/c1-4-20(2)30(36(56)45-26(37(57)58)18-22-10-6-5-7-11-22)47-34(54)24(12-8-9-17-38)43-33(53)25(14-16-29(41)50)44-35(55)27(19-48)46-31(51)21(3)42-32(52)23(39)13-15-28(40)49/h5-7,10-11,20-21,23-27,30,48H,4,8-9,12-19,38-39H2,1-3H3,(H2,40,49)(H2,41,50)(H,42,52)(H,43,53)(H,44,55)(H,45,56)(H,46,51)(H,47,54)(H,57,58)/t20-,21-,23-,24-,25-,26-,27-,30-/m0/s1. The molecule has 0 saturated carbocycles. The maximum absolute atomic E-state index is 13.8. The molecule has 0 aliphatic heterocycles. The second-order valence-electron chi connectivity index (χ2n) is 14.0. The highest BCUT2D eigenvalue weighted by atomic mass is 16.4. The van der Waals surface area contributed by atoms with E-state index >= 15 is 0 Å². The van der Waals surface area contributed by atoms with Crippen molar-refractivity contribution < 1.29 is 53.4 Å². The van der Waals surface area contributed by atoms with Crippen LogP contribution >= 0.6 is 0 Å². The van der Waals surface area contributed by atoms with Crippen molar-refractivity contribution in [2.45, 2.75) is 121 Å². The average Bonchev–Trinajstić information content (AvgIpc) is 3.18. The molecule has 16 N–H and O–H groups in total. The zero-order valence-corrected chi connectivity index (χ0v) is 33.2. The van der Waals surface area contributed by atoms with E-state index in [0.29, 0.717) is 24.8 Å². The zero-order chi connectivity index (χ0) is 43.9. The maximum Gasteiger partial charge on any atom is 0.326 e. The van der Waals surface area contributed by atoms with Crippen molar-refractivity contribution in [1.29, 1.82) is 0 Å². The Labute approximate surface area is 336 Å². The second-order valence-corrected chi connectivity index (χ2v) is 14.0. The highest BCUT2D eigenvalue weighted by Gasteiger charge is 2.34. The molecule has 8 atom stereocenters. The van der Waals surface area contributed by atoms with Crippen molar-refractivity contribution in [2.24, 2.45) is 28.9 Å². The first-order valence-corrected chi connectivity index (χ1v) is 19.1. The Morgan fingerprint density at radius 3 is 1.69 bits per heavy atom. The van der Waals surface area contributed by atoms with Gasteiger partial charge in [-0.2, -0.15) is 0 Å². The van der Waals surface area contributed by atoms with E-state index in [1.165, 1.54) is 6.92 Å². The van der Waals surface area contributed by atoms with Crippen LogP contribution < -0.4 is 54.8 Å². The first-order valence-electron chi connectivity index (χ1n) is 19.1. The molecule has 324 valence electrons. The smallest absolute Gasteiger partial charge is 0.326 e. The van der Waals surface area contributed by atoms with Gasteiger partial charge in [0.2, 0.25) is 47.3 Å². The Morgan fingerprint density at radius 1 is 0.638 bits per heavy atom. The Hall–Kier alpha value is -5.67. The van der Waals surface area contributed by atoms with Gasteiger partial charge in [-0.3, -0.25) is 38.4 Å². The van der Waals surface area contributed by atoms with Gasteiger partial charge in [0.15, 0.2) is 0 Å². The lowest BCUT2D eigenvalue weighted by molar-refractivity contribution is -0.142. The number of aliphatic carboxylic acids is 1. The summed E-state index contributed by atoms with van der Waals surface area (Å²) in [6.45, 7) is 4.02. The number of nitrogens with two attached hydrogens (primary N) is 4. The van der Waals surface area contributed by atoms with Gasteiger partial charge in [-0.25, -0.2) is 4.79 Å². The van der Waals surface area contributed by atoms with E-state index in [1.54, 1.807) is 44.2 Å². The summed E-state index contributed by atoms with van der Waals surface area (Å²) in [6.07, 6.45) is 0.174. The van der Waals surface area contributed by atoms with E-state index in [0.717, 1.165) is 0 Å². The third kappa shape index (κ3) is 18.5. The first-order chi connectivity index (χ1) is 27.3. The normalized spacial score (nSPS) is 15.1. The maximum atomic E-state index is 13.8. The van der Waals surface area contributed by atoms with Gasteiger partial charge in [-0.15, -0.1) is 0 Å². The first kappa shape index (κ1) is 50.3. The molecule has 0 aliphatic rings. The minimum Gasteiger partial charge on any atom is -0.480 e. The number of aliphatic hydroxyl groups excluding tert-OH is 1. The molecule has 0 fully saturated rings. The fourth-order valence-electron chi connectivity index (χ4n) is 5.43. The van der Waals surface area contributed by atoms with Gasteiger partial charge in [-0.05, 0) is 57.1 Å². The molecule has 0 radical (unpaired) electrons. The topological polar surface area (TPSA) is 370 Å². The van der Waals surface area contributed by atoms with Gasteiger partial charge in [0, 0.05) is 19.3 Å². The summed E-state index contributed by atoms with van der Waals surface area (Å²) in [5.74, 6) is -8.57. The molecule has 0 saturated heterocycles. The number of aliphatic hydroxyl groups is 1. The molecule has 58 heavy (non-hydrogen) atoms. The minimum atomic E-state index is -1.66. The molecule has 0 bridgehead atoms. The van der Waals surface area contributed by atoms with Crippen LogP contribution in [0.3, 0.4) is 0 Å². The predicted octanol–water partition coefficient (Wildman–Crippen LogP) is -3.73. The summed E-state index contributed by atoms with van der Waals surface area (Å²) < 4.78 is 0. The Balaban J connectivity index is 3.20. The molecule has 21 heteroatoms. The number of nitrogens with one attached hydrogen (secondary N) is 6. The van der Waals surface area contributed by atoms with Crippen LogP contribution in [-0.4, -0.2) is 119 Å². The highest BCUT2D eigenvalue weighted by Crippen LogP contribution is 2.12. The van der Waals surface area contributed by atoms with Crippen molar-refractivity contribution in [3.8, 4) is 0 Å². The lowest BCUT2D eigenvalue weighted by atomic mass is 9.96. The van der Waals surface area contributed by atoms with E-state index < -0.39 is 114 Å². The Kier molecular flexibility index (Phi) is 22.8. The molecule has 8 amide bonds. The fraction of sp³-hybridized carbons (Fsp3) is 0.595. The SMILES string of the molecule is CC[C@H](C)[C@H](NC(=O)[C@H](CCCCN)NC(=O)[C@H](CCC(N)=O)NC(=O)[C@H](CO)NC(=O)[C@H](C)NC(=O)[C@@H](N)CCC(N)=O)C(=O)N[C@@H](Cc1ccccc1)C(=O)O. The number of benzene rings is 1. The number of carbonyl (C=O) groups is 9. The average molecular weight is 821 g/mol. The van der Waals surface area contributed by atoms with Crippen molar-refractivity contribution in [3.63, 3.8) is 0 Å². The van der Waals surface area contributed by atoms with E-state index in [-0.39, 0.29) is 38.6 Å². The summed E-state index contributed by atoms with van der Waals surface area (Å²) in [6, 6.07) is -0.833. The van der Waals surface area contributed by atoms with Crippen molar-refractivity contribution >= 4 is 53.2 Å². The Morgan fingerprint density at radius 2 is 1.16 bits per heavy atom. The van der Waals surface area contributed by atoms with E-state index in [2.05, 4.69) is 31.9 Å². The van der Waals surface area contributed by atoms with Crippen LogP contribution in [0.2, 0.25) is 0 Å². The lowest BCUT2D eigenvalue weighted by Gasteiger charge is -2.29. The molecular weight excluding hydrogens is 760 g/mol. The molecule has 1 aromatic carbocycles. The number of rotatable bonds is 28. The zero-order valence-electron chi connectivity index (χ0n) is 33.2. The molecule has 0 spiro atoms. The number of unbranched alkanes of at least 4 members (excludes halogenated alkanes) is 1. The number of carboxylic acid groups (broad SMARTS) is 1. The molecule has 0 heterocycles. The lowest BCUT2D eigenvalue weighted by Crippen LogP contribution is -2.60. The van der Waals surface area contributed by atoms with Crippen LogP contribution in [0.4, 0.5) is 0 Å². The van der Waals surface area contributed by atoms with Crippen LogP contribution in [0.1, 0.15) is 77.7 Å². The number of carbonyl (C=O) groups excluding carboxylic acids is 8. The molecule has 0 aromatic heterocycles. The van der Waals surface area contributed by atoms with Gasteiger partial charge >= 0.3 is 5.97 Å². The molecular formula is C37H60N10O11. The van der Waals surface area contributed by atoms with Crippen LogP contribution in [0, 0.1) is 5.92 Å². The third-order valence-electron chi connectivity index (χ3n) is 9.19. The molecule has 0 aliphatic carbocycles. The molecule has 0 unspecified atom stereocenters. The summed E-state index contributed by atoms with van der Waals surface area (Å²) in [7, 11) is 0. The molecule has 1 aromatic rings. The van der Waals surface area contributed by atoms with Crippen LogP contribution in [-0.2, 0) is 49.6 Å². The number of amides is 8. The van der Waals surface area contributed by atoms with Gasteiger partial charge in [0.25, 0.3) is 0 Å². The summed E-state index contributed by atoms with van der Waals surface area (Å²) in [4.78, 5) is 114.